The Balaban J connectivity index is 1.89. The predicted molar refractivity (Wildman–Crippen MR) is 114 cm³/mol. The third-order valence-electron chi connectivity index (χ3n) is 4.37. The number of fused-ring (bicyclic) bond motifs is 1. The van der Waals surface area contributed by atoms with Crippen molar-refractivity contribution in [3.8, 4) is 0 Å². The molecule has 1 aliphatic rings. The first-order valence-electron chi connectivity index (χ1n) is 9.60. The average molecular weight is 393 g/mol. The lowest BCUT2D eigenvalue weighted by Gasteiger charge is -2.36. The summed E-state index contributed by atoms with van der Waals surface area (Å²) in [5.41, 5.74) is 3.15. The number of carbonyl (C=O) groups is 2. The largest absolute Gasteiger partial charge is 0.444 e. The van der Waals surface area contributed by atoms with E-state index in [9.17, 15) is 9.59 Å². The van der Waals surface area contributed by atoms with E-state index in [1.165, 1.54) is 0 Å². The molecule has 1 amide bonds. The van der Waals surface area contributed by atoms with E-state index in [1.807, 2.05) is 39.0 Å². The fraction of sp³-hybridized carbons (Fsp3) is 0.348. The van der Waals surface area contributed by atoms with Gasteiger partial charge in [-0.05, 0) is 70.9 Å². The molecular formula is C23H27N3O3. The minimum absolute atomic E-state index is 0.111. The van der Waals surface area contributed by atoms with Crippen LogP contribution in [0.2, 0.25) is 0 Å². The molecule has 6 nitrogen and oxygen atoms in total. The molecule has 6 heteroatoms. The van der Waals surface area contributed by atoms with Gasteiger partial charge in [-0.2, -0.15) is 0 Å². The van der Waals surface area contributed by atoms with Gasteiger partial charge in [-0.3, -0.25) is 15.1 Å². The van der Waals surface area contributed by atoms with Crippen LogP contribution in [0.15, 0.2) is 48.8 Å². The summed E-state index contributed by atoms with van der Waals surface area (Å²) in [5, 5.41) is 6.23. The van der Waals surface area contributed by atoms with Gasteiger partial charge in [0.15, 0.2) is 5.78 Å². The normalized spacial score (nSPS) is 16.5. The second-order valence-electron chi connectivity index (χ2n) is 8.85. The predicted octanol–water partition coefficient (Wildman–Crippen LogP) is 4.58. The number of carbonyl (C=O) groups excluding carboxylic acids is 2. The van der Waals surface area contributed by atoms with E-state index in [1.54, 1.807) is 30.6 Å². The van der Waals surface area contributed by atoms with Crippen LogP contribution in [-0.4, -0.2) is 28.0 Å². The van der Waals surface area contributed by atoms with Crippen LogP contribution in [0.4, 0.5) is 10.5 Å². The highest BCUT2D eigenvalue weighted by molar-refractivity contribution is 6.08. The summed E-state index contributed by atoms with van der Waals surface area (Å²) >= 11 is 0. The van der Waals surface area contributed by atoms with Crippen molar-refractivity contribution in [1.29, 1.82) is 0 Å². The molecule has 0 radical (unpaired) electrons. The highest BCUT2D eigenvalue weighted by Crippen LogP contribution is 2.32. The van der Waals surface area contributed by atoms with Crippen LogP contribution in [0.25, 0.3) is 5.70 Å². The first-order chi connectivity index (χ1) is 13.5. The van der Waals surface area contributed by atoms with E-state index < -0.39 is 11.7 Å². The number of anilines is 1. The molecule has 1 aliphatic heterocycles. The van der Waals surface area contributed by atoms with Gasteiger partial charge in [-0.1, -0.05) is 6.07 Å². The molecule has 0 bridgehead atoms. The number of nitrogens with zero attached hydrogens (tertiary/aromatic N) is 1. The van der Waals surface area contributed by atoms with Gasteiger partial charge in [0.25, 0.3) is 0 Å². The molecule has 0 spiro atoms. The van der Waals surface area contributed by atoms with Crippen LogP contribution in [0.5, 0.6) is 0 Å². The summed E-state index contributed by atoms with van der Waals surface area (Å²) in [6, 6.07) is 9.14. The SMILES string of the molecule is CC1(C)Cc2cc(NC(=O)OC(C)(C)C)ccc2/C(=C/C(=O)c2cccnc2)N1. The van der Waals surface area contributed by atoms with Crippen LogP contribution in [0, 0.1) is 0 Å². The number of hydrogen-bond acceptors (Lipinski definition) is 5. The molecule has 0 atom stereocenters. The van der Waals surface area contributed by atoms with Gasteiger partial charge < -0.3 is 10.1 Å². The van der Waals surface area contributed by atoms with Crippen LogP contribution >= 0.6 is 0 Å². The van der Waals surface area contributed by atoms with Gasteiger partial charge in [0.1, 0.15) is 5.60 Å². The molecule has 2 aromatic rings. The van der Waals surface area contributed by atoms with Crippen molar-refractivity contribution in [2.24, 2.45) is 0 Å². The summed E-state index contributed by atoms with van der Waals surface area (Å²) in [6.45, 7) is 9.62. The maximum atomic E-state index is 12.6. The first-order valence-corrected chi connectivity index (χ1v) is 9.60. The zero-order chi connectivity index (χ0) is 21.2. The van der Waals surface area contributed by atoms with E-state index in [4.69, 9.17) is 4.74 Å². The Morgan fingerprint density at radius 3 is 2.66 bits per heavy atom. The Hall–Kier alpha value is -3.15. The maximum absolute atomic E-state index is 12.6. The first kappa shape index (κ1) is 20.6. The number of ether oxygens (including phenoxy) is 1. The number of aromatic nitrogens is 1. The minimum atomic E-state index is -0.563. The molecular weight excluding hydrogens is 366 g/mol. The van der Waals surface area contributed by atoms with Crippen LogP contribution < -0.4 is 10.6 Å². The van der Waals surface area contributed by atoms with Crippen molar-refractivity contribution in [3.63, 3.8) is 0 Å². The lowest BCUT2D eigenvalue weighted by molar-refractivity contribution is 0.0635. The molecule has 29 heavy (non-hydrogen) atoms. The molecule has 0 saturated carbocycles. The van der Waals surface area contributed by atoms with E-state index in [-0.39, 0.29) is 11.3 Å². The standard InChI is InChI=1S/C23H27N3O3/c1-22(2,3)29-21(28)25-17-8-9-18-16(11-17)13-23(4,5)26-19(18)12-20(27)15-7-6-10-24-14-15/h6-12,14,26H,13H2,1-5H3,(H,25,28)/b19-12-. The molecule has 1 aromatic carbocycles. The topological polar surface area (TPSA) is 80.3 Å². The van der Waals surface area contributed by atoms with E-state index in [2.05, 4.69) is 29.5 Å². The number of amides is 1. The van der Waals surface area contributed by atoms with Crippen LogP contribution in [0.1, 0.15) is 56.1 Å². The molecule has 0 unspecified atom stereocenters. The minimum Gasteiger partial charge on any atom is -0.444 e. The van der Waals surface area contributed by atoms with E-state index in [0.717, 1.165) is 23.2 Å². The zero-order valence-corrected chi connectivity index (χ0v) is 17.5. The fourth-order valence-corrected chi connectivity index (χ4v) is 3.29. The Morgan fingerprint density at radius 2 is 2.00 bits per heavy atom. The Bertz CT molecular complexity index is 957. The summed E-state index contributed by atoms with van der Waals surface area (Å²) in [4.78, 5) is 28.7. The van der Waals surface area contributed by atoms with E-state index >= 15 is 0 Å². The molecule has 0 saturated heterocycles. The van der Waals surface area contributed by atoms with Crippen molar-refractivity contribution < 1.29 is 14.3 Å². The number of benzene rings is 1. The average Bonchev–Trinajstić information content (AvgIpc) is 2.59. The lowest BCUT2D eigenvalue weighted by Crippen LogP contribution is -2.43. The van der Waals surface area contributed by atoms with Gasteiger partial charge in [0.05, 0.1) is 0 Å². The molecule has 3 rings (SSSR count). The highest BCUT2D eigenvalue weighted by atomic mass is 16.6. The van der Waals surface area contributed by atoms with Crippen molar-refractivity contribution in [1.82, 2.24) is 10.3 Å². The van der Waals surface area contributed by atoms with Crippen LogP contribution in [-0.2, 0) is 11.2 Å². The lowest BCUT2D eigenvalue weighted by atomic mass is 9.85. The molecule has 1 aromatic heterocycles. The van der Waals surface area contributed by atoms with Gasteiger partial charge in [0, 0.05) is 46.5 Å². The van der Waals surface area contributed by atoms with Gasteiger partial charge in [0.2, 0.25) is 0 Å². The monoisotopic (exact) mass is 393 g/mol. The number of pyridine rings is 1. The number of rotatable bonds is 3. The second kappa shape index (κ2) is 7.70. The number of nitrogens with one attached hydrogen (secondary N) is 2. The molecule has 2 N–H and O–H groups in total. The highest BCUT2D eigenvalue weighted by Gasteiger charge is 2.28. The Morgan fingerprint density at radius 1 is 1.24 bits per heavy atom. The smallest absolute Gasteiger partial charge is 0.412 e. The molecule has 0 aliphatic carbocycles. The summed E-state index contributed by atoms with van der Waals surface area (Å²) in [5.74, 6) is -0.111. The fourth-order valence-electron chi connectivity index (χ4n) is 3.29. The van der Waals surface area contributed by atoms with Gasteiger partial charge >= 0.3 is 6.09 Å². The third-order valence-corrected chi connectivity index (χ3v) is 4.37. The maximum Gasteiger partial charge on any atom is 0.412 e. The Kier molecular flexibility index (Phi) is 5.46. The summed E-state index contributed by atoms with van der Waals surface area (Å²) in [7, 11) is 0. The van der Waals surface area contributed by atoms with Gasteiger partial charge in [-0.15, -0.1) is 0 Å². The van der Waals surface area contributed by atoms with Crippen molar-refractivity contribution in [2.45, 2.75) is 52.2 Å². The second-order valence-corrected chi connectivity index (χ2v) is 8.85. The quantitative estimate of drug-likeness (QED) is 0.589. The molecule has 2 heterocycles. The van der Waals surface area contributed by atoms with Crippen molar-refractivity contribution >= 4 is 23.3 Å². The molecule has 152 valence electrons. The van der Waals surface area contributed by atoms with E-state index in [0.29, 0.717) is 11.3 Å². The number of ketones is 1. The summed E-state index contributed by atoms with van der Waals surface area (Å²) < 4.78 is 5.33. The zero-order valence-electron chi connectivity index (χ0n) is 17.5. The molecule has 0 fully saturated rings. The van der Waals surface area contributed by atoms with Gasteiger partial charge in [-0.25, -0.2) is 4.79 Å². The van der Waals surface area contributed by atoms with Crippen molar-refractivity contribution in [3.05, 3.63) is 65.5 Å². The third kappa shape index (κ3) is 5.44. The number of hydrogen-bond donors (Lipinski definition) is 2. The van der Waals surface area contributed by atoms with Crippen molar-refractivity contribution in [2.75, 3.05) is 5.32 Å². The number of allylic oxidation sites excluding steroid dienone is 1. The van der Waals surface area contributed by atoms with Crippen LogP contribution in [0.3, 0.4) is 0 Å². The Labute approximate surface area is 171 Å². The summed E-state index contributed by atoms with van der Waals surface area (Å²) in [6.07, 6.45) is 5.07.